The molecule has 18 heavy (non-hydrogen) atoms. The molecule has 0 saturated heterocycles. The van der Waals surface area contributed by atoms with Crippen molar-refractivity contribution >= 4 is 17.5 Å². The van der Waals surface area contributed by atoms with Crippen molar-refractivity contribution in [3.63, 3.8) is 0 Å². The van der Waals surface area contributed by atoms with Gasteiger partial charge in [0.15, 0.2) is 5.78 Å². The van der Waals surface area contributed by atoms with Crippen molar-refractivity contribution in [3.8, 4) is 0 Å². The van der Waals surface area contributed by atoms with E-state index in [9.17, 15) is 9.59 Å². The molecule has 2 aromatic rings. The highest BCUT2D eigenvalue weighted by Crippen LogP contribution is 2.13. The summed E-state index contributed by atoms with van der Waals surface area (Å²) in [7, 11) is 0. The maximum Gasteiger partial charge on any atom is 0.273 e. The van der Waals surface area contributed by atoms with E-state index in [0.717, 1.165) is 12.0 Å². The molecule has 0 spiro atoms. The Morgan fingerprint density at radius 3 is 2.83 bits per heavy atom. The first-order valence-electron chi connectivity index (χ1n) is 5.64. The summed E-state index contributed by atoms with van der Waals surface area (Å²) in [6, 6.07) is 1.53. The molecule has 3 N–H and O–H groups in total. The molecule has 0 aliphatic heterocycles. The Balaban J connectivity index is 2.14. The topological polar surface area (TPSA) is 90.6 Å². The van der Waals surface area contributed by atoms with Crippen LogP contribution in [0.2, 0.25) is 0 Å². The molecule has 2 heterocycles. The van der Waals surface area contributed by atoms with Gasteiger partial charge in [0.05, 0.1) is 6.20 Å². The van der Waals surface area contributed by atoms with Gasteiger partial charge in [-0.2, -0.15) is 5.10 Å². The summed E-state index contributed by atoms with van der Waals surface area (Å²) >= 11 is 0. The smallest absolute Gasteiger partial charge is 0.273 e. The summed E-state index contributed by atoms with van der Waals surface area (Å²) in [4.78, 5) is 25.8. The Morgan fingerprint density at radius 2 is 2.22 bits per heavy atom. The van der Waals surface area contributed by atoms with Crippen LogP contribution in [0.4, 0.5) is 5.82 Å². The second-order valence-electron chi connectivity index (χ2n) is 3.94. The second kappa shape index (κ2) is 4.87. The van der Waals surface area contributed by atoms with E-state index in [1.54, 1.807) is 6.20 Å². The number of rotatable bonds is 4. The number of carbonyl (C=O) groups excluding carboxylic acids is 2. The van der Waals surface area contributed by atoms with Crippen LogP contribution in [-0.2, 0) is 6.42 Å². The Bertz CT molecular complexity index is 582. The van der Waals surface area contributed by atoms with Crippen molar-refractivity contribution < 1.29 is 9.59 Å². The van der Waals surface area contributed by atoms with Crippen LogP contribution >= 0.6 is 0 Å². The normalized spacial score (nSPS) is 10.3. The van der Waals surface area contributed by atoms with E-state index in [4.69, 9.17) is 0 Å². The molecular weight excluding hydrogens is 232 g/mol. The standard InChI is InChI=1S/C12H14N4O2/c1-3-8-6-14-16-11(8)15-12(18)10-4-9(5-13-10)7(2)17/h4-6,13H,3H2,1-2H3,(H2,14,15,16,18). The predicted molar refractivity (Wildman–Crippen MR) is 66.7 cm³/mol. The van der Waals surface area contributed by atoms with Gasteiger partial charge in [-0.3, -0.25) is 14.7 Å². The van der Waals surface area contributed by atoms with Crippen molar-refractivity contribution in [3.05, 3.63) is 35.3 Å². The number of anilines is 1. The van der Waals surface area contributed by atoms with E-state index >= 15 is 0 Å². The third-order valence-corrected chi connectivity index (χ3v) is 2.67. The van der Waals surface area contributed by atoms with Crippen molar-refractivity contribution in [1.29, 1.82) is 0 Å². The van der Waals surface area contributed by atoms with Crippen molar-refractivity contribution in [2.75, 3.05) is 5.32 Å². The quantitative estimate of drug-likeness (QED) is 0.718. The van der Waals surface area contributed by atoms with E-state index in [0.29, 0.717) is 17.1 Å². The van der Waals surface area contributed by atoms with E-state index in [1.165, 1.54) is 19.2 Å². The zero-order valence-corrected chi connectivity index (χ0v) is 10.2. The van der Waals surface area contributed by atoms with Crippen LogP contribution in [0.15, 0.2) is 18.5 Å². The molecule has 0 atom stereocenters. The third-order valence-electron chi connectivity index (χ3n) is 2.67. The Hall–Kier alpha value is -2.37. The molecule has 0 bridgehead atoms. The summed E-state index contributed by atoms with van der Waals surface area (Å²) in [5.41, 5.74) is 1.76. The van der Waals surface area contributed by atoms with Gasteiger partial charge in [-0.15, -0.1) is 0 Å². The highest BCUT2D eigenvalue weighted by molar-refractivity contribution is 6.05. The number of aromatic amines is 2. The van der Waals surface area contributed by atoms with Gasteiger partial charge in [-0.05, 0) is 19.4 Å². The number of Topliss-reactive ketones (excluding diaryl/α,β-unsaturated/α-hetero) is 1. The Kier molecular flexibility index (Phi) is 3.27. The molecule has 6 heteroatoms. The number of nitrogens with zero attached hydrogens (tertiary/aromatic N) is 1. The number of hydrogen-bond acceptors (Lipinski definition) is 3. The molecule has 0 saturated carbocycles. The molecule has 6 nitrogen and oxygen atoms in total. The average Bonchev–Trinajstić information content (AvgIpc) is 2.96. The van der Waals surface area contributed by atoms with Crippen molar-refractivity contribution in [2.24, 2.45) is 0 Å². The molecule has 0 radical (unpaired) electrons. The maximum atomic E-state index is 11.9. The van der Waals surface area contributed by atoms with E-state index < -0.39 is 0 Å². The number of hydrogen-bond donors (Lipinski definition) is 3. The minimum atomic E-state index is -0.304. The number of nitrogens with one attached hydrogen (secondary N) is 3. The SMILES string of the molecule is CCc1cn[nH]c1NC(=O)c1cc(C(C)=O)c[nH]1. The van der Waals surface area contributed by atoms with Crippen LogP contribution in [0.3, 0.4) is 0 Å². The number of H-pyrrole nitrogens is 2. The zero-order chi connectivity index (χ0) is 13.1. The first kappa shape index (κ1) is 12.1. The number of ketones is 1. The van der Waals surface area contributed by atoms with Gasteiger partial charge < -0.3 is 10.3 Å². The minimum absolute atomic E-state index is 0.0823. The molecule has 0 aliphatic rings. The average molecular weight is 246 g/mol. The Morgan fingerprint density at radius 1 is 1.44 bits per heavy atom. The van der Waals surface area contributed by atoms with Crippen molar-refractivity contribution in [2.45, 2.75) is 20.3 Å². The lowest BCUT2D eigenvalue weighted by Crippen LogP contribution is -2.13. The molecule has 2 rings (SSSR count). The summed E-state index contributed by atoms with van der Waals surface area (Å²) in [5, 5.41) is 9.30. The number of amides is 1. The van der Waals surface area contributed by atoms with Crippen LogP contribution in [-0.4, -0.2) is 26.9 Å². The van der Waals surface area contributed by atoms with Gasteiger partial charge >= 0.3 is 0 Å². The minimum Gasteiger partial charge on any atom is -0.356 e. The lowest BCUT2D eigenvalue weighted by Gasteiger charge is -2.02. The van der Waals surface area contributed by atoms with Crippen LogP contribution < -0.4 is 5.32 Å². The number of aromatic nitrogens is 3. The summed E-state index contributed by atoms with van der Waals surface area (Å²) in [6.45, 7) is 3.43. The molecule has 2 aromatic heterocycles. The first-order chi connectivity index (χ1) is 8.61. The molecule has 94 valence electrons. The fraction of sp³-hybridized carbons (Fsp3) is 0.250. The lowest BCUT2D eigenvalue weighted by molar-refractivity contribution is 0.101. The fourth-order valence-electron chi connectivity index (χ4n) is 1.60. The molecule has 1 amide bonds. The highest BCUT2D eigenvalue weighted by atomic mass is 16.2. The number of aryl methyl sites for hydroxylation is 1. The van der Waals surface area contributed by atoms with E-state index in [1.807, 2.05) is 6.92 Å². The second-order valence-corrected chi connectivity index (χ2v) is 3.94. The molecule has 0 aromatic carbocycles. The van der Waals surface area contributed by atoms with Gasteiger partial charge in [0.1, 0.15) is 11.5 Å². The predicted octanol–water partition coefficient (Wildman–Crippen LogP) is 1.76. The zero-order valence-electron chi connectivity index (χ0n) is 10.2. The van der Waals surface area contributed by atoms with E-state index in [2.05, 4.69) is 20.5 Å². The molecular formula is C12H14N4O2. The van der Waals surface area contributed by atoms with Gasteiger partial charge in [-0.25, -0.2) is 0 Å². The Labute approximate surface area is 104 Å². The van der Waals surface area contributed by atoms with Crippen LogP contribution in [0.5, 0.6) is 0 Å². The van der Waals surface area contributed by atoms with Crippen LogP contribution in [0, 0.1) is 0 Å². The van der Waals surface area contributed by atoms with Gasteiger partial charge in [0, 0.05) is 17.3 Å². The summed E-state index contributed by atoms with van der Waals surface area (Å²) in [6.07, 6.45) is 3.96. The number of carbonyl (C=O) groups is 2. The summed E-state index contributed by atoms with van der Waals surface area (Å²) in [5.74, 6) is 0.198. The van der Waals surface area contributed by atoms with Crippen molar-refractivity contribution in [1.82, 2.24) is 15.2 Å². The molecule has 0 fully saturated rings. The van der Waals surface area contributed by atoms with Gasteiger partial charge in [-0.1, -0.05) is 6.92 Å². The monoisotopic (exact) mass is 246 g/mol. The van der Waals surface area contributed by atoms with Crippen LogP contribution in [0.1, 0.15) is 40.3 Å². The highest BCUT2D eigenvalue weighted by Gasteiger charge is 2.13. The maximum absolute atomic E-state index is 11.9. The van der Waals surface area contributed by atoms with Gasteiger partial charge in [0.25, 0.3) is 5.91 Å². The molecule has 0 aliphatic carbocycles. The first-order valence-corrected chi connectivity index (χ1v) is 5.64. The van der Waals surface area contributed by atoms with Crippen LogP contribution in [0.25, 0.3) is 0 Å². The summed E-state index contributed by atoms with van der Waals surface area (Å²) < 4.78 is 0. The fourth-order valence-corrected chi connectivity index (χ4v) is 1.60. The lowest BCUT2D eigenvalue weighted by atomic mass is 10.2. The van der Waals surface area contributed by atoms with E-state index in [-0.39, 0.29) is 11.7 Å². The molecule has 0 unspecified atom stereocenters. The largest absolute Gasteiger partial charge is 0.356 e. The third kappa shape index (κ3) is 2.32. The van der Waals surface area contributed by atoms with Gasteiger partial charge in [0.2, 0.25) is 0 Å².